The number of aldehydes is 1. The van der Waals surface area contributed by atoms with E-state index >= 15 is 0 Å². The summed E-state index contributed by atoms with van der Waals surface area (Å²) in [6, 6.07) is 18.8. The molecular weight excluding hydrogens is 302 g/mol. The Morgan fingerprint density at radius 3 is 1.92 bits per heavy atom. The van der Waals surface area contributed by atoms with Crippen molar-refractivity contribution in [3.8, 4) is 11.3 Å². The van der Waals surface area contributed by atoms with E-state index in [0.29, 0.717) is 17.8 Å². The van der Waals surface area contributed by atoms with Gasteiger partial charge in [0.15, 0.2) is 12.0 Å². The van der Waals surface area contributed by atoms with Crippen LogP contribution in [0.5, 0.6) is 0 Å². The van der Waals surface area contributed by atoms with Gasteiger partial charge in [-0.15, -0.1) is 0 Å². The lowest BCUT2D eigenvalue weighted by atomic mass is 10.1. The van der Waals surface area contributed by atoms with Crippen molar-refractivity contribution >= 4 is 23.3 Å². The quantitative estimate of drug-likeness (QED) is 0.477. The summed E-state index contributed by atoms with van der Waals surface area (Å²) in [6.07, 6.45) is 0.688. The lowest BCUT2D eigenvalue weighted by molar-refractivity contribution is 0.110. The van der Waals surface area contributed by atoms with Crippen molar-refractivity contribution in [1.29, 1.82) is 0 Å². The van der Waals surface area contributed by atoms with Gasteiger partial charge < -0.3 is 9.32 Å². The van der Waals surface area contributed by atoms with E-state index in [1.807, 2.05) is 67.5 Å². The number of nitrogens with zero attached hydrogens (tertiary/aromatic N) is 3. The Hall–Kier alpha value is -3.21. The largest absolute Gasteiger partial charge is 0.453 e. The van der Waals surface area contributed by atoms with Crippen molar-refractivity contribution in [2.45, 2.75) is 0 Å². The minimum atomic E-state index is 0.315. The van der Waals surface area contributed by atoms with E-state index in [4.69, 9.17) is 4.42 Å². The van der Waals surface area contributed by atoms with Crippen LogP contribution >= 0.6 is 0 Å². The standard InChI is InChI=1S/C19H17N3O2/c1-22(2)17-9-7-16(8-10-17)21-20-15-5-3-14(4-6-15)19-12-11-18(13-23)24-19/h3-13H,1-2H3. The summed E-state index contributed by atoms with van der Waals surface area (Å²) in [7, 11) is 3.99. The Morgan fingerprint density at radius 2 is 1.42 bits per heavy atom. The third-order valence-corrected chi connectivity index (χ3v) is 3.54. The topological polar surface area (TPSA) is 58.2 Å². The van der Waals surface area contributed by atoms with Gasteiger partial charge in [0.25, 0.3) is 0 Å². The zero-order chi connectivity index (χ0) is 16.9. The van der Waals surface area contributed by atoms with Crippen molar-refractivity contribution in [2.75, 3.05) is 19.0 Å². The van der Waals surface area contributed by atoms with Gasteiger partial charge in [0, 0.05) is 25.3 Å². The lowest BCUT2D eigenvalue weighted by Gasteiger charge is -2.11. The van der Waals surface area contributed by atoms with Gasteiger partial charge in [0.1, 0.15) is 5.76 Å². The summed E-state index contributed by atoms with van der Waals surface area (Å²) >= 11 is 0. The van der Waals surface area contributed by atoms with E-state index in [0.717, 1.165) is 22.6 Å². The van der Waals surface area contributed by atoms with E-state index in [2.05, 4.69) is 10.2 Å². The van der Waals surface area contributed by atoms with Crippen LogP contribution in [0.1, 0.15) is 10.6 Å². The minimum absolute atomic E-state index is 0.315. The molecule has 0 bridgehead atoms. The number of hydrogen-bond donors (Lipinski definition) is 0. The Bertz CT molecular complexity index is 847. The zero-order valence-corrected chi connectivity index (χ0v) is 13.5. The van der Waals surface area contributed by atoms with Gasteiger partial charge in [0.2, 0.25) is 0 Å². The first kappa shape index (κ1) is 15.7. The van der Waals surface area contributed by atoms with Gasteiger partial charge in [-0.05, 0) is 60.7 Å². The average Bonchev–Trinajstić information content (AvgIpc) is 3.10. The molecule has 3 aromatic rings. The fraction of sp³-hybridized carbons (Fsp3) is 0.105. The summed E-state index contributed by atoms with van der Waals surface area (Å²) in [5.74, 6) is 0.967. The molecular formula is C19H17N3O2. The third-order valence-electron chi connectivity index (χ3n) is 3.54. The molecule has 0 unspecified atom stereocenters. The van der Waals surface area contributed by atoms with E-state index < -0.39 is 0 Å². The molecule has 0 fully saturated rings. The van der Waals surface area contributed by atoms with Crippen LogP contribution in [-0.4, -0.2) is 20.4 Å². The number of carbonyl (C=O) groups excluding carboxylic acids is 1. The molecule has 120 valence electrons. The van der Waals surface area contributed by atoms with Gasteiger partial charge in [-0.2, -0.15) is 10.2 Å². The predicted molar refractivity (Wildman–Crippen MR) is 94.5 cm³/mol. The first-order valence-corrected chi connectivity index (χ1v) is 7.50. The fourth-order valence-electron chi connectivity index (χ4n) is 2.20. The maximum absolute atomic E-state index is 10.7. The third kappa shape index (κ3) is 3.57. The molecule has 0 aliphatic heterocycles. The highest BCUT2D eigenvalue weighted by Gasteiger charge is 2.04. The number of azo groups is 1. The molecule has 0 spiro atoms. The molecule has 0 N–H and O–H groups in total. The first-order chi connectivity index (χ1) is 11.7. The van der Waals surface area contributed by atoms with Crippen molar-refractivity contribution in [1.82, 2.24) is 0 Å². The molecule has 24 heavy (non-hydrogen) atoms. The van der Waals surface area contributed by atoms with Crippen LogP contribution in [0.3, 0.4) is 0 Å². The van der Waals surface area contributed by atoms with Crippen LogP contribution in [0.4, 0.5) is 17.1 Å². The molecule has 5 nitrogen and oxygen atoms in total. The molecule has 0 aliphatic rings. The molecule has 0 aliphatic carbocycles. The molecule has 3 rings (SSSR count). The van der Waals surface area contributed by atoms with E-state index in [1.165, 1.54) is 0 Å². The zero-order valence-electron chi connectivity index (χ0n) is 13.5. The highest BCUT2D eigenvalue weighted by molar-refractivity contribution is 5.73. The van der Waals surface area contributed by atoms with Gasteiger partial charge in [-0.1, -0.05) is 0 Å². The predicted octanol–water partition coefficient (Wildman–Crippen LogP) is 5.24. The average molecular weight is 319 g/mol. The number of hydrogen-bond acceptors (Lipinski definition) is 5. The normalized spacial score (nSPS) is 10.9. The SMILES string of the molecule is CN(C)c1ccc(N=Nc2ccc(-c3ccc(C=O)o3)cc2)cc1. The number of anilines is 1. The van der Waals surface area contributed by atoms with Crippen LogP contribution in [0, 0.1) is 0 Å². The molecule has 0 saturated heterocycles. The molecule has 1 aromatic heterocycles. The summed E-state index contributed by atoms with van der Waals surface area (Å²) < 4.78 is 5.39. The summed E-state index contributed by atoms with van der Waals surface area (Å²) in [6.45, 7) is 0. The van der Waals surface area contributed by atoms with E-state index in [9.17, 15) is 4.79 Å². The molecule has 0 radical (unpaired) electrons. The summed E-state index contributed by atoms with van der Waals surface area (Å²) in [5.41, 5.74) is 3.55. The van der Waals surface area contributed by atoms with Crippen LogP contribution in [0.15, 0.2) is 75.3 Å². The fourth-order valence-corrected chi connectivity index (χ4v) is 2.20. The second kappa shape index (κ2) is 6.91. The molecule has 0 saturated carbocycles. The molecule has 0 amide bonds. The molecule has 2 aromatic carbocycles. The van der Waals surface area contributed by atoms with Crippen molar-refractivity contribution in [2.24, 2.45) is 10.2 Å². The van der Waals surface area contributed by atoms with Crippen LogP contribution in [0.25, 0.3) is 11.3 Å². The number of benzene rings is 2. The Labute approximate surface area is 140 Å². The van der Waals surface area contributed by atoms with E-state index in [-0.39, 0.29) is 0 Å². The first-order valence-electron chi connectivity index (χ1n) is 7.50. The van der Waals surface area contributed by atoms with Gasteiger partial charge in [0.05, 0.1) is 11.4 Å². The maximum atomic E-state index is 10.7. The molecule has 0 atom stereocenters. The van der Waals surface area contributed by atoms with Gasteiger partial charge in [-0.25, -0.2) is 0 Å². The summed E-state index contributed by atoms with van der Waals surface area (Å²) in [4.78, 5) is 12.7. The van der Waals surface area contributed by atoms with E-state index in [1.54, 1.807) is 12.1 Å². The van der Waals surface area contributed by atoms with Crippen molar-refractivity contribution in [3.63, 3.8) is 0 Å². The van der Waals surface area contributed by atoms with Crippen LogP contribution in [-0.2, 0) is 0 Å². The second-order valence-corrected chi connectivity index (χ2v) is 5.48. The molecule has 1 heterocycles. The number of carbonyl (C=O) groups is 1. The number of furan rings is 1. The van der Waals surface area contributed by atoms with Crippen LogP contribution < -0.4 is 4.90 Å². The summed E-state index contributed by atoms with van der Waals surface area (Å²) in [5, 5.41) is 8.47. The minimum Gasteiger partial charge on any atom is -0.453 e. The van der Waals surface area contributed by atoms with Crippen molar-refractivity contribution in [3.05, 3.63) is 66.4 Å². The van der Waals surface area contributed by atoms with Gasteiger partial charge >= 0.3 is 0 Å². The smallest absolute Gasteiger partial charge is 0.185 e. The Kier molecular flexibility index (Phi) is 4.52. The Balaban J connectivity index is 1.72. The van der Waals surface area contributed by atoms with Gasteiger partial charge in [-0.3, -0.25) is 4.79 Å². The molecule has 5 heteroatoms. The second-order valence-electron chi connectivity index (χ2n) is 5.48. The lowest BCUT2D eigenvalue weighted by Crippen LogP contribution is -2.07. The monoisotopic (exact) mass is 319 g/mol. The highest BCUT2D eigenvalue weighted by Crippen LogP contribution is 2.26. The Morgan fingerprint density at radius 1 is 0.833 bits per heavy atom. The maximum Gasteiger partial charge on any atom is 0.185 e. The van der Waals surface area contributed by atoms with Crippen molar-refractivity contribution < 1.29 is 9.21 Å². The number of rotatable bonds is 5. The van der Waals surface area contributed by atoms with Crippen LogP contribution in [0.2, 0.25) is 0 Å². The highest BCUT2D eigenvalue weighted by atomic mass is 16.3.